The monoisotopic (exact) mass is 366 g/mol. The third-order valence-corrected chi connectivity index (χ3v) is 8.31. The van der Waals surface area contributed by atoms with Crippen molar-refractivity contribution >= 4 is 5.91 Å². The number of nitrogens with two attached hydrogens (primary N) is 1. The molecular weight excluding hydrogens is 332 g/mol. The van der Waals surface area contributed by atoms with Crippen molar-refractivity contribution in [1.82, 2.24) is 5.32 Å². The number of hydrogen-bond donors (Lipinski definition) is 2. The fourth-order valence-corrected chi connectivity index (χ4v) is 7.38. The lowest BCUT2D eigenvalue weighted by atomic mass is 9.42. The van der Waals surface area contributed by atoms with Crippen LogP contribution in [0.15, 0.2) is 24.3 Å². The third-order valence-electron chi connectivity index (χ3n) is 8.31. The van der Waals surface area contributed by atoms with E-state index in [2.05, 4.69) is 36.5 Å². The smallest absolute Gasteiger partial charge is 0.226 e. The van der Waals surface area contributed by atoms with Crippen LogP contribution in [0.5, 0.6) is 0 Å². The van der Waals surface area contributed by atoms with Gasteiger partial charge in [-0.3, -0.25) is 4.79 Å². The maximum Gasteiger partial charge on any atom is 0.226 e. The summed E-state index contributed by atoms with van der Waals surface area (Å²) in [6.07, 6.45) is 11.4. The highest BCUT2D eigenvalue weighted by atomic mass is 16.2. The number of aryl methyl sites for hydroxylation is 1. The lowest BCUT2D eigenvalue weighted by Gasteiger charge is -2.61. The maximum atomic E-state index is 13.5. The van der Waals surface area contributed by atoms with Crippen LogP contribution < -0.4 is 11.1 Å². The van der Waals surface area contributed by atoms with E-state index >= 15 is 0 Å². The van der Waals surface area contributed by atoms with Crippen LogP contribution in [0.1, 0.15) is 75.3 Å². The van der Waals surface area contributed by atoms with Crippen molar-refractivity contribution < 1.29 is 4.79 Å². The quantitative estimate of drug-likeness (QED) is 0.841. The summed E-state index contributed by atoms with van der Waals surface area (Å²) >= 11 is 0. The van der Waals surface area contributed by atoms with Crippen molar-refractivity contribution in [2.45, 2.75) is 88.6 Å². The predicted octanol–water partition coefficient (Wildman–Crippen LogP) is 4.22. The fourth-order valence-electron chi connectivity index (χ4n) is 7.38. The molecule has 5 aliphatic carbocycles. The normalized spacial score (nSPS) is 42.9. The largest absolute Gasteiger partial charge is 0.353 e. The molecule has 1 amide bonds. The van der Waals surface area contributed by atoms with Gasteiger partial charge in [0.05, 0.1) is 5.41 Å². The number of carbonyl (C=O) groups is 1. The summed E-state index contributed by atoms with van der Waals surface area (Å²) in [5.41, 5.74) is 8.99. The van der Waals surface area contributed by atoms with Crippen LogP contribution >= 0.6 is 0 Å². The van der Waals surface area contributed by atoms with E-state index in [1.807, 2.05) is 0 Å². The minimum absolute atomic E-state index is 0.117. The van der Waals surface area contributed by atoms with E-state index in [4.69, 9.17) is 5.73 Å². The maximum absolute atomic E-state index is 13.5. The minimum Gasteiger partial charge on any atom is -0.353 e. The summed E-state index contributed by atoms with van der Waals surface area (Å²) in [6, 6.07) is 9.88. The Bertz CT molecular complexity index is 702. The summed E-state index contributed by atoms with van der Waals surface area (Å²) in [4.78, 5) is 13.5. The molecule has 2 unspecified atom stereocenters. The first-order chi connectivity index (χ1) is 13.0. The van der Waals surface area contributed by atoms with Crippen molar-refractivity contribution in [1.29, 1.82) is 0 Å². The van der Waals surface area contributed by atoms with E-state index in [9.17, 15) is 4.79 Å². The van der Waals surface area contributed by atoms with Crippen molar-refractivity contribution in [3.63, 3.8) is 0 Å². The van der Waals surface area contributed by atoms with E-state index in [0.29, 0.717) is 18.0 Å². The van der Waals surface area contributed by atoms with Crippen molar-refractivity contribution in [2.24, 2.45) is 23.0 Å². The highest BCUT2D eigenvalue weighted by molar-refractivity contribution is 5.84. The van der Waals surface area contributed by atoms with Crippen molar-refractivity contribution in [3.8, 4) is 0 Å². The van der Waals surface area contributed by atoms with E-state index in [1.54, 1.807) is 0 Å². The van der Waals surface area contributed by atoms with Gasteiger partial charge in [-0.1, -0.05) is 29.8 Å². The highest BCUT2D eigenvalue weighted by Gasteiger charge is 2.61. The van der Waals surface area contributed by atoms with Crippen LogP contribution in [0.25, 0.3) is 0 Å². The number of carbonyl (C=O) groups excluding carboxylic acids is 1. The first-order valence-electron chi connectivity index (χ1n) is 11.1. The van der Waals surface area contributed by atoms with Gasteiger partial charge in [0.1, 0.15) is 0 Å². The zero-order valence-electron chi connectivity index (χ0n) is 16.7. The number of amides is 1. The molecule has 3 heteroatoms. The minimum atomic E-state index is -0.117. The molecule has 1 aromatic rings. The second-order valence-electron chi connectivity index (χ2n) is 10.5. The van der Waals surface area contributed by atoms with E-state index < -0.39 is 0 Å². The van der Waals surface area contributed by atoms with Crippen molar-refractivity contribution in [3.05, 3.63) is 35.4 Å². The molecule has 5 fully saturated rings. The Balaban J connectivity index is 1.39. The van der Waals surface area contributed by atoms with Crippen LogP contribution in [0.3, 0.4) is 0 Å². The second-order valence-corrected chi connectivity index (χ2v) is 10.5. The van der Waals surface area contributed by atoms with Crippen LogP contribution in [0.2, 0.25) is 0 Å². The van der Waals surface area contributed by atoms with Gasteiger partial charge in [0.2, 0.25) is 5.91 Å². The molecule has 0 aromatic heterocycles. The van der Waals surface area contributed by atoms with Gasteiger partial charge in [-0.15, -0.1) is 0 Å². The summed E-state index contributed by atoms with van der Waals surface area (Å²) in [7, 11) is 0. The Morgan fingerprint density at radius 3 is 2.26 bits per heavy atom. The number of nitrogens with one attached hydrogen (secondary N) is 1. The first-order valence-corrected chi connectivity index (χ1v) is 11.1. The lowest BCUT2D eigenvalue weighted by molar-refractivity contribution is -0.150. The van der Waals surface area contributed by atoms with Gasteiger partial charge >= 0.3 is 0 Å². The summed E-state index contributed by atoms with van der Waals surface area (Å²) in [5, 5.41) is 3.48. The van der Waals surface area contributed by atoms with Crippen molar-refractivity contribution in [2.75, 3.05) is 0 Å². The zero-order chi connectivity index (χ0) is 18.6. The van der Waals surface area contributed by atoms with E-state index in [0.717, 1.165) is 56.8 Å². The van der Waals surface area contributed by atoms with Crippen LogP contribution in [-0.4, -0.2) is 18.0 Å². The number of benzene rings is 1. The molecule has 4 bridgehead atoms. The molecule has 3 nitrogen and oxygen atoms in total. The molecule has 3 N–H and O–H groups in total. The van der Waals surface area contributed by atoms with Gasteiger partial charge < -0.3 is 11.1 Å². The van der Waals surface area contributed by atoms with Gasteiger partial charge in [0.15, 0.2) is 0 Å². The standard InChI is InChI=1S/C24H34N2O/c1-16-2-4-19(5-3-16)23-11-17-10-18(12-23)14-24(13-17,15-23)22(27)26-21-8-6-20(25)7-9-21/h2-5,17-18,20-21H,6-15,25H2,1H3,(H,26,27). The molecule has 27 heavy (non-hydrogen) atoms. The average Bonchev–Trinajstić information content (AvgIpc) is 2.63. The molecule has 1 aromatic carbocycles. The van der Waals surface area contributed by atoms with Crippen LogP contribution in [0, 0.1) is 24.2 Å². The van der Waals surface area contributed by atoms with E-state index in [1.165, 1.54) is 30.4 Å². The van der Waals surface area contributed by atoms with Crippen LogP contribution in [0.4, 0.5) is 0 Å². The van der Waals surface area contributed by atoms with Gasteiger partial charge in [-0.25, -0.2) is 0 Å². The highest BCUT2D eigenvalue weighted by Crippen LogP contribution is 2.65. The SMILES string of the molecule is Cc1ccc(C23CC4CC(CC(C(=O)NC5CCC(N)CC5)(C4)C2)C3)cc1. The predicted molar refractivity (Wildman–Crippen MR) is 108 cm³/mol. The molecule has 6 rings (SSSR count). The lowest BCUT2D eigenvalue weighted by Crippen LogP contribution is -2.60. The van der Waals surface area contributed by atoms with Gasteiger partial charge in [-0.2, -0.15) is 0 Å². The Labute approximate surface area is 163 Å². The van der Waals surface area contributed by atoms with Crippen LogP contribution in [-0.2, 0) is 10.2 Å². The molecule has 0 saturated heterocycles. The molecule has 2 atom stereocenters. The first kappa shape index (κ1) is 17.7. The Morgan fingerprint density at radius 1 is 1.00 bits per heavy atom. The number of hydrogen-bond acceptors (Lipinski definition) is 2. The fraction of sp³-hybridized carbons (Fsp3) is 0.708. The van der Waals surface area contributed by atoms with Gasteiger partial charge in [0.25, 0.3) is 0 Å². The number of rotatable bonds is 3. The van der Waals surface area contributed by atoms with Gasteiger partial charge in [-0.05, 0) is 93.9 Å². The summed E-state index contributed by atoms with van der Waals surface area (Å²) in [5.74, 6) is 1.84. The molecule has 5 saturated carbocycles. The molecule has 0 aliphatic heterocycles. The topological polar surface area (TPSA) is 55.1 Å². The molecular formula is C24H34N2O. The second kappa shape index (κ2) is 6.34. The Morgan fingerprint density at radius 2 is 1.63 bits per heavy atom. The van der Waals surface area contributed by atoms with E-state index in [-0.39, 0.29) is 10.8 Å². The molecule has 0 heterocycles. The summed E-state index contributed by atoms with van der Waals surface area (Å²) < 4.78 is 0. The molecule has 0 spiro atoms. The molecule has 5 aliphatic rings. The Kier molecular flexibility index (Phi) is 4.16. The zero-order valence-corrected chi connectivity index (χ0v) is 16.7. The molecule has 0 radical (unpaired) electrons. The molecule has 146 valence electrons. The van der Waals surface area contributed by atoms with Gasteiger partial charge in [0, 0.05) is 12.1 Å². The Hall–Kier alpha value is -1.35. The summed E-state index contributed by atoms with van der Waals surface area (Å²) in [6.45, 7) is 2.16. The average molecular weight is 367 g/mol. The third kappa shape index (κ3) is 3.03.